The number of carbonyl (C=O) groups is 4. The summed E-state index contributed by atoms with van der Waals surface area (Å²) in [5, 5.41) is 5.49. The van der Waals surface area contributed by atoms with Gasteiger partial charge in [-0.1, -0.05) is 6.07 Å². The summed E-state index contributed by atoms with van der Waals surface area (Å²) in [4.78, 5) is 52.9. The zero-order chi connectivity index (χ0) is 23.4. The van der Waals surface area contributed by atoms with Crippen LogP contribution in [-0.2, 0) is 26.0 Å². The Morgan fingerprint density at radius 3 is 2.48 bits per heavy atom. The molecule has 0 aromatic heterocycles. The Hall–Kier alpha value is -2.63. The molecule has 0 radical (unpaired) electrons. The van der Waals surface area contributed by atoms with Crippen molar-refractivity contribution in [2.45, 2.75) is 43.8 Å². The molecule has 1 spiro atoms. The number of piperidine rings is 2. The van der Waals surface area contributed by atoms with Crippen molar-refractivity contribution in [1.29, 1.82) is 0 Å². The monoisotopic (exact) mass is 474 g/mol. The Kier molecular flexibility index (Phi) is 5.37. The standard InChI is InChI=1S/C22H26N4O6S/c27-18-4-3-17(19(28)24-18)26-20(29)15-2-1-14(11-16(15)21(26)30)12-25-9-10-33(31,32)13-22(25)5-7-23-8-6-22/h1-2,11,17,23H,3-10,12-13H2,(H,24,27,28). The van der Waals surface area contributed by atoms with Crippen LogP contribution in [0.3, 0.4) is 0 Å². The van der Waals surface area contributed by atoms with Gasteiger partial charge in [0.05, 0.1) is 22.6 Å². The smallest absolute Gasteiger partial charge is 0.262 e. The lowest BCUT2D eigenvalue weighted by molar-refractivity contribution is -0.136. The second kappa shape index (κ2) is 8.00. The van der Waals surface area contributed by atoms with E-state index < -0.39 is 45.0 Å². The van der Waals surface area contributed by atoms with Crippen molar-refractivity contribution in [3.05, 3.63) is 34.9 Å². The molecule has 4 aliphatic rings. The number of nitrogens with zero attached hydrogens (tertiary/aromatic N) is 2. The first-order chi connectivity index (χ1) is 15.7. The van der Waals surface area contributed by atoms with Gasteiger partial charge in [0.15, 0.2) is 9.84 Å². The number of sulfone groups is 1. The number of nitrogens with one attached hydrogen (secondary N) is 2. The molecular formula is C22H26N4O6S. The summed E-state index contributed by atoms with van der Waals surface area (Å²) >= 11 is 0. The molecule has 2 N–H and O–H groups in total. The number of imide groups is 2. The first kappa shape index (κ1) is 22.2. The van der Waals surface area contributed by atoms with Crippen LogP contribution in [0.15, 0.2) is 18.2 Å². The molecule has 176 valence electrons. The predicted octanol–water partition coefficient (Wildman–Crippen LogP) is -0.560. The van der Waals surface area contributed by atoms with Gasteiger partial charge in [-0.05, 0) is 50.0 Å². The highest BCUT2D eigenvalue weighted by atomic mass is 32.2. The molecule has 1 unspecified atom stereocenters. The molecule has 4 amide bonds. The molecule has 11 heteroatoms. The quantitative estimate of drug-likeness (QED) is 0.557. The van der Waals surface area contributed by atoms with Gasteiger partial charge in [-0.2, -0.15) is 0 Å². The Bertz CT molecular complexity index is 1160. The summed E-state index contributed by atoms with van der Waals surface area (Å²) in [5.74, 6) is -1.88. The van der Waals surface area contributed by atoms with E-state index in [-0.39, 0.29) is 35.5 Å². The summed E-state index contributed by atoms with van der Waals surface area (Å²) in [7, 11) is -3.11. The molecule has 0 bridgehead atoms. The van der Waals surface area contributed by atoms with Gasteiger partial charge in [0.2, 0.25) is 11.8 Å². The van der Waals surface area contributed by atoms with Crippen LogP contribution >= 0.6 is 0 Å². The fraction of sp³-hybridized carbons (Fsp3) is 0.545. The lowest BCUT2D eigenvalue weighted by atomic mass is 9.87. The number of benzene rings is 1. The fourth-order valence-corrected chi connectivity index (χ4v) is 7.43. The maximum atomic E-state index is 13.1. The van der Waals surface area contributed by atoms with Gasteiger partial charge in [-0.25, -0.2) is 8.42 Å². The minimum atomic E-state index is -3.11. The Morgan fingerprint density at radius 2 is 1.76 bits per heavy atom. The summed E-state index contributed by atoms with van der Waals surface area (Å²) in [6, 6.07) is 4.07. The van der Waals surface area contributed by atoms with Crippen molar-refractivity contribution in [1.82, 2.24) is 20.4 Å². The lowest BCUT2D eigenvalue weighted by Crippen LogP contribution is -2.62. The normalized spacial score (nSPS) is 27.0. The highest BCUT2D eigenvalue weighted by Crippen LogP contribution is 2.34. The van der Waals surface area contributed by atoms with E-state index in [1.807, 2.05) is 0 Å². The summed E-state index contributed by atoms with van der Waals surface area (Å²) in [6.45, 7) is 2.41. The summed E-state index contributed by atoms with van der Waals surface area (Å²) in [6.07, 6.45) is 1.65. The Labute approximate surface area is 191 Å². The maximum Gasteiger partial charge on any atom is 0.262 e. The number of fused-ring (bicyclic) bond motifs is 1. The minimum Gasteiger partial charge on any atom is -0.317 e. The van der Waals surface area contributed by atoms with Crippen molar-refractivity contribution in [3.63, 3.8) is 0 Å². The topological polar surface area (TPSA) is 133 Å². The molecule has 3 saturated heterocycles. The van der Waals surface area contributed by atoms with Gasteiger partial charge in [0, 0.05) is 25.0 Å². The molecular weight excluding hydrogens is 448 g/mol. The van der Waals surface area contributed by atoms with Gasteiger partial charge < -0.3 is 5.32 Å². The van der Waals surface area contributed by atoms with Crippen molar-refractivity contribution in [2.24, 2.45) is 0 Å². The van der Waals surface area contributed by atoms with E-state index >= 15 is 0 Å². The van der Waals surface area contributed by atoms with Gasteiger partial charge in [0.1, 0.15) is 6.04 Å². The average molecular weight is 475 g/mol. The number of hydrogen-bond acceptors (Lipinski definition) is 8. The minimum absolute atomic E-state index is 0.0733. The van der Waals surface area contributed by atoms with Gasteiger partial charge >= 0.3 is 0 Å². The summed E-state index contributed by atoms with van der Waals surface area (Å²) in [5.41, 5.74) is 0.870. The number of hydrogen-bond donors (Lipinski definition) is 2. The summed E-state index contributed by atoms with van der Waals surface area (Å²) < 4.78 is 24.8. The number of amides is 4. The second-order valence-electron chi connectivity index (χ2n) is 9.32. The van der Waals surface area contributed by atoms with Crippen molar-refractivity contribution < 1.29 is 27.6 Å². The van der Waals surface area contributed by atoms with E-state index in [1.165, 1.54) is 0 Å². The molecule has 0 saturated carbocycles. The molecule has 0 aliphatic carbocycles. The molecule has 1 atom stereocenters. The van der Waals surface area contributed by atoms with Gasteiger partial charge in [0.25, 0.3) is 11.8 Å². The third kappa shape index (κ3) is 3.87. The first-order valence-corrected chi connectivity index (χ1v) is 13.0. The average Bonchev–Trinajstić information content (AvgIpc) is 3.01. The third-order valence-corrected chi connectivity index (χ3v) is 9.03. The second-order valence-corrected chi connectivity index (χ2v) is 11.5. The van der Waals surface area contributed by atoms with Crippen molar-refractivity contribution in [2.75, 3.05) is 31.1 Å². The Morgan fingerprint density at radius 1 is 1.03 bits per heavy atom. The highest BCUT2D eigenvalue weighted by Gasteiger charge is 2.46. The van der Waals surface area contributed by atoms with Crippen LogP contribution in [0.4, 0.5) is 0 Å². The molecule has 1 aromatic carbocycles. The van der Waals surface area contributed by atoms with E-state index in [9.17, 15) is 27.6 Å². The van der Waals surface area contributed by atoms with Crippen LogP contribution in [0.1, 0.15) is 52.0 Å². The van der Waals surface area contributed by atoms with E-state index in [1.54, 1.807) is 18.2 Å². The maximum absolute atomic E-state index is 13.1. The van der Waals surface area contributed by atoms with Gasteiger partial charge in [-0.15, -0.1) is 0 Å². The third-order valence-electron chi connectivity index (χ3n) is 7.24. The molecule has 4 aliphatic heterocycles. The van der Waals surface area contributed by atoms with E-state index in [0.29, 0.717) is 13.1 Å². The van der Waals surface area contributed by atoms with Crippen LogP contribution in [-0.4, -0.2) is 84.6 Å². The van der Waals surface area contributed by atoms with Crippen LogP contribution in [0.2, 0.25) is 0 Å². The van der Waals surface area contributed by atoms with E-state index in [2.05, 4.69) is 15.5 Å². The zero-order valence-electron chi connectivity index (χ0n) is 18.1. The van der Waals surface area contributed by atoms with Crippen LogP contribution in [0.5, 0.6) is 0 Å². The van der Waals surface area contributed by atoms with Gasteiger partial charge in [-0.3, -0.25) is 34.3 Å². The van der Waals surface area contributed by atoms with Crippen molar-refractivity contribution >= 4 is 33.5 Å². The predicted molar refractivity (Wildman–Crippen MR) is 117 cm³/mol. The molecule has 5 rings (SSSR count). The highest BCUT2D eigenvalue weighted by molar-refractivity contribution is 7.91. The number of rotatable bonds is 3. The van der Waals surface area contributed by atoms with Crippen LogP contribution < -0.4 is 10.6 Å². The SMILES string of the molecule is O=C1CCC(N2C(=O)c3ccc(CN4CCS(=O)(=O)CC45CCNCC5)cc3C2=O)C(=O)N1. The van der Waals surface area contributed by atoms with Crippen molar-refractivity contribution in [3.8, 4) is 0 Å². The van der Waals surface area contributed by atoms with Crippen LogP contribution in [0, 0.1) is 0 Å². The lowest BCUT2D eigenvalue weighted by Gasteiger charge is -2.49. The van der Waals surface area contributed by atoms with E-state index in [4.69, 9.17) is 0 Å². The molecule has 33 heavy (non-hydrogen) atoms. The zero-order valence-corrected chi connectivity index (χ0v) is 18.9. The number of carbonyl (C=O) groups excluding carboxylic acids is 4. The molecule has 10 nitrogen and oxygen atoms in total. The molecule has 3 fully saturated rings. The Balaban J connectivity index is 1.39. The van der Waals surface area contributed by atoms with Crippen LogP contribution in [0.25, 0.3) is 0 Å². The molecule has 4 heterocycles. The molecule has 1 aromatic rings. The largest absolute Gasteiger partial charge is 0.317 e. The first-order valence-electron chi connectivity index (χ1n) is 11.2. The fourth-order valence-electron chi connectivity index (χ4n) is 5.50. The van der Waals surface area contributed by atoms with E-state index in [0.717, 1.165) is 36.4 Å².